The van der Waals surface area contributed by atoms with E-state index in [-0.39, 0.29) is 18.0 Å². The minimum Gasteiger partial charge on any atom is -0.352 e. The minimum atomic E-state index is -0.359. The number of nitrogens with zero attached hydrogens (tertiary/aromatic N) is 1. The molecule has 1 aliphatic rings. The summed E-state index contributed by atoms with van der Waals surface area (Å²) in [6, 6.07) is -0.0706. The molecule has 3 atom stereocenters. The van der Waals surface area contributed by atoms with Crippen LogP contribution in [0.15, 0.2) is 0 Å². The Bertz CT molecular complexity index is 255. The van der Waals surface area contributed by atoms with Crippen LogP contribution < -0.4 is 11.1 Å². The molecule has 17 heavy (non-hydrogen) atoms. The van der Waals surface area contributed by atoms with Gasteiger partial charge in [0, 0.05) is 12.6 Å². The smallest absolute Gasteiger partial charge is 0.237 e. The number of nitrogens with two attached hydrogens (primary N) is 1. The highest BCUT2D eigenvalue weighted by Gasteiger charge is 2.27. The van der Waals surface area contributed by atoms with E-state index in [0.29, 0.717) is 11.8 Å². The SMILES string of the molecule is CC(C)CC(N)C(=O)NC1CCN(C)CC1C. The van der Waals surface area contributed by atoms with Crippen molar-refractivity contribution in [3.63, 3.8) is 0 Å². The van der Waals surface area contributed by atoms with Gasteiger partial charge in [-0.3, -0.25) is 4.79 Å². The number of hydrogen-bond acceptors (Lipinski definition) is 3. The monoisotopic (exact) mass is 241 g/mol. The first-order chi connectivity index (χ1) is 7.90. The van der Waals surface area contributed by atoms with E-state index in [4.69, 9.17) is 5.73 Å². The summed E-state index contributed by atoms with van der Waals surface area (Å²) in [5.74, 6) is 0.981. The van der Waals surface area contributed by atoms with E-state index in [9.17, 15) is 4.79 Å². The van der Waals surface area contributed by atoms with Gasteiger partial charge in [-0.1, -0.05) is 20.8 Å². The molecule has 1 heterocycles. The van der Waals surface area contributed by atoms with Crippen LogP contribution >= 0.6 is 0 Å². The fraction of sp³-hybridized carbons (Fsp3) is 0.923. The van der Waals surface area contributed by atoms with Gasteiger partial charge in [0.25, 0.3) is 0 Å². The lowest BCUT2D eigenvalue weighted by atomic mass is 9.93. The molecule has 3 N–H and O–H groups in total. The van der Waals surface area contributed by atoms with Gasteiger partial charge in [-0.15, -0.1) is 0 Å². The Labute approximate surface area is 105 Å². The maximum atomic E-state index is 11.9. The Morgan fingerprint density at radius 1 is 1.53 bits per heavy atom. The summed E-state index contributed by atoms with van der Waals surface area (Å²) in [6.45, 7) is 8.46. The zero-order chi connectivity index (χ0) is 13.0. The molecule has 0 aromatic heterocycles. The van der Waals surface area contributed by atoms with Crippen molar-refractivity contribution in [3.8, 4) is 0 Å². The third-order valence-corrected chi connectivity index (χ3v) is 3.50. The zero-order valence-electron chi connectivity index (χ0n) is 11.6. The molecule has 1 amide bonds. The number of piperidine rings is 1. The molecule has 0 aromatic carbocycles. The number of hydrogen-bond donors (Lipinski definition) is 2. The predicted molar refractivity (Wildman–Crippen MR) is 70.6 cm³/mol. The van der Waals surface area contributed by atoms with Gasteiger partial charge in [0.15, 0.2) is 0 Å². The minimum absolute atomic E-state index is 0.0140. The second-order valence-corrected chi connectivity index (χ2v) is 5.88. The average Bonchev–Trinajstić information content (AvgIpc) is 2.21. The Morgan fingerprint density at radius 2 is 2.18 bits per heavy atom. The summed E-state index contributed by atoms with van der Waals surface area (Å²) in [6.07, 6.45) is 1.78. The van der Waals surface area contributed by atoms with E-state index < -0.39 is 0 Å². The molecule has 0 aromatic rings. The van der Waals surface area contributed by atoms with Gasteiger partial charge in [0.05, 0.1) is 6.04 Å². The topological polar surface area (TPSA) is 58.4 Å². The van der Waals surface area contributed by atoms with Crippen LogP contribution in [0.5, 0.6) is 0 Å². The molecule has 1 rings (SSSR count). The summed E-state index contributed by atoms with van der Waals surface area (Å²) < 4.78 is 0. The first-order valence-corrected chi connectivity index (χ1v) is 6.64. The van der Waals surface area contributed by atoms with Crippen LogP contribution in [0.3, 0.4) is 0 Å². The largest absolute Gasteiger partial charge is 0.352 e. The molecular weight excluding hydrogens is 214 g/mol. The fourth-order valence-corrected chi connectivity index (χ4v) is 2.47. The molecule has 0 radical (unpaired) electrons. The van der Waals surface area contributed by atoms with Gasteiger partial charge < -0.3 is 16.0 Å². The maximum absolute atomic E-state index is 11.9. The molecule has 1 saturated heterocycles. The third-order valence-electron chi connectivity index (χ3n) is 3.50. The van der Waals surface area contributed by atoms with Crippen LogP contribution in [0.1, 0.15) is 33.6 Å². The van der Waals surface area contributed by atoms with E-state index in [1.807, 2.05) is 0 Å². The lowest BCUT2D eigenvalue weighted by Gasteiger charge is -2.35. The van der Waals surface area contributed by atoms with Crippen molar-refractivity contribution in [1.82, 2.24) is 10.2 Å². The van der Waals surface area contributed by atoms with Crippen LogP contribution in [0, 0.1) is 11.8 Å². The first kappa shape index (κ1) is 14.5. The number of carbonyl (C=O) groups excluding carboxylic acids is 1. The summed E-state index contributed by atoms with van der Waals surface area (Å²) in [5, 5.41) is 3.10. The quantitative estimate of drug-likeness (QED) is 0.766. The molecule has 0 saturated carbocycles. The van der Waals surface area contributed by atoms with Crippen molar-refractivity contribution in [2.24, 2.45) is 17.6 Å². The highest BCUT2D eigenvalue weighted by atomic mass is 16.2. The molecule has 0 spiro atoms. The van der Waals surface area contributed by atoms with Gasteiger partial charge in [-0.05, 0) is 38.3 Å². The van der Waals surface area contributed by atoms with Gasteiger partial charge in [0.1, 0.15) is 0 Å². The fourth-order valence-electron chi connectivity index (χ4n) is 2.47. The molecular formula is C13H27N3O. The number of amides is 1. The van der Waals surface area contributed by atoms with Crippen molar-refractivity contribution in [2.45, 2.75) is 45.7 Å². The Kier molecular flexibility index (Phi) is 5.40. The van der Waals surface area contributed by atoms with E-state index in [1.165, 1.54) is 0 Å². The molecule has 0 bridgehead atoms. The highest BCUT2D eigenvalue weighted by molar-refractivity contribution is 5.81. The molecule has 100 valence electrons. The van der Waals surface area contributed by atoms with Crippen LogP contribution in [-0.2, 0) is 4.79 Å². The second kappa shape index (κ2) is 6.36. The maximum Gasteiger partial charge on any atom is 0.237 e. The molecule has 4 nitrogen and oxygen atoms in total. The van der Waals surface area contributed by atoms with Gasteiger partial charge in [-0.25, -0.2) is 0 Å². The van der Waals surface area contributed by atoms with Gasteiger partial charge >= 0.3 is 0 Å². The predicted octanol–water partition coefficient (Wildman–Crippen LogP) is 0.816. The van der Waals surface area contributed by atoms with E-state index in [0.717, 1.165) is 25.9 Å². The third kappa shape index (κ3) is 4.64. The summed E-state index contributed by atoms with van der Waals surface area (Å²) in [4.78, 5) is 14.2. The standard InChI is InChI=1S/C13H27N3O/c1-9(2)7-11(14)13(17)15-12-5-6-16(4)8-10(12)3/h9-12H,5-8,14H2,1-4H3,(H,15,17). The van der Waals surface area contributed by atoms with Crippen molar-refractivity contribution in [1.29, 1.82) is 0 Å². The van der Waals surface area contributed by atoms with Crippen LogP contribution in [0.2, 0.25) is 0 Å². The lowest BCUT2D eigenvalue weighted by molar-refractivity contribution is -0.124. The molecule has 3 unspecified atom stereocenters. The second-order valence-electron chi connectivity index (χ2n) is 5.88. The summed E-state index contributed by atoms with van der Waals surface area (Å²) >= 11 is 0. The number of carbonyl (C=O) groups is 1. The lowest BCUT2D eigenvalue weighted by Crippen LogP contribution is -2.52. The first-order valence-electron chi connectivity index (χ1n) is 6.64. The van der Waals surface area contributed by atoms with Crippen LogP contribution in [0.4, 0.5) is 0 Å². The number of nitrogens with one attached hydrogen (secondary N) is 1. The normalized spacial score (nSPS) is 28.1. The molecule has 0 aliphatic carbocycles. The van der Waals surface area contributed by atoms with E-state index in [2.05, 4.69) is 38.0 Å². The van der Waals surface area contributed by atoms with Gasteiger partial charge in [0.2, 0.25) is 5.91 Å². The van der Waals surface area contributed by atoms with Gasteiger partial charge in [-0.2, -0.15) is 0 Å². The van der Waals surface area contributed by atoms with Crippen molar-refractivity contribution in [2.75, 3.05) is 20.1 Å². The van der Waals surface area contributed by atoms with E-state index in [1.54, 1.807) is 0 Å². The van der Waals surface area contributed by atoms with Crippen molar-refractivity contribution in [3.05, 3.63) is 0 Å². The van der Waals surface area contributed by atoms with Crippen molar-refractivity contribution < 1.29 is 4.79 Å². The Hall–Kier alpha value is -0.610. The average molecular weight is 241 g/mol. The Morgan fingerprint density at radius 3 is 2.71 bits per heavy atom. The molecule has 4 heteroatoms. The number of likely N-dealkylation sites (tertiary alicyclic amines) is 1. The Balaban J connectivity index is 2.40. The highest BCUT2D eigenvalue weighted by Crippen LogP contribution is 2.15. The number of rotatable bonds is 4. The molecule has 1 fully saturated rings. The van der Waals surface area contributed by atoms with Crippen LogP contribution in [-0.4, -0.2) is 43.0 Å². The van der Waals surface area contributed by atoms with Crippen molar-refractivity contribution >= 4 is 5.91 Å². The molecule has 1 aliphatic heterocycles. The summed E-state index contributed by atoms with van der Waals surface area (Å²) in [5.41, 5.74) is 5.89. The zero-order valence-corrected chi connectivity index (χ0v) is 11.6. The summed E-state index contributed by atoms with van der Waals surface area (Å²) in [7, 11) is 2.12. The van der Waals surface area contributed by atoms with E-state index >= 15 is 0 Å². The van der Waals surface area contributed by atoms with Crippen LogP contribution in [0.25, 0.3) is 0 Å².